The summed E-state index contributed by atoms with van der Waals surface area (Å²) in [7, 11) is 0. The highest BCUT2D eigenvalue weighted by Gasteiger charge is 2.29. The van der Waals surface area contributed by atoms with Gasteiger partial charge in [-0.25, -0.2) is 4.39 Å². The molecule has 0 spiro atoms. The van der Waals surface area contributed by atoms with Crippen LogP contribution in [0.5, 0.6) is 5.75 Å². The second-order valence-electron chi connectivity index (χ2n) is 4.80. The Balaban J connectivity index is 2.00. The van der Waals surface area contributed by atoms with Crippen molar-refractivity contribution in [2.24, 2.45) is 5.73 Å². The molecule has 1 aliphatic rings. The first-order valence-corrected chi connectivity index (χ1v) is 7.80. The first kappa shape index (κ1) is 14.0. The third-order valence-electron chi connectivity index (χ3n) is 3.42. The number of fused-ring (bicyclic) bond motifs is 1. The van der Waals surface area contributed by atoms with Crippen molar-refractivity contribution in [2.75, 3.05) is 0 Å². The third kappa shape index (κ3) is 2.62. The molecule has 3 rings (SSSR count). The molecule has 2 nitrogen and oxygen atoms in total. The van der Waals surface area contributed by atoms with Crippen molar-refractivity contribution in [2.45, 2.75) is 18.6 Å². The summed E-state index contributed by atoms with van der Waals surface area (Å²) in [5.74, 6) is 0.436. The summed E-state index contributed by atoms with van der Waals surface area (Å²) in [4.78, 5) is 0. The minimum absolute atomic E-state index is 0.157. The van der Waals surface area contributed by atoms with E-state index in [1.54, 1.807) is 12.1 Å². The minimum atomic E-state index is -0.371. The number of hydrogen-bond acceptors (Lipinski definition) is 2. The second-order valence-corrected chi connectivity index (χ2v) is 6.63. The van der Waals surface area contributed by atoms with Crippen molar-refractivity contribution < 1.29 is 9.13 Å². The van der Waals surface area contributed by atoms with Crippen LogP contribution in [0.4, 0.5) is 4.39 Å². The standard InChI is InChI=1S/C15H12Br2FNO/c16-8-2-4-12(18)11(5-8)15-7-13(19)10-3-1-9(17)6-14(10)20-15/h1-6,13,15H,7,19H2/t13-,15?/m0/s1. The highest BCUT2D eigenvalue weighted by molar-refractivity contribution is 9.10. The largest absolute Gasteiger partial charge is 0.485 e. The van der Waals surface area contributed by atoms with E-state index in [0.29, 0.717) is 17.7 Å². The monoisotopic (exact) mass is 399 g/mol. The van der Waals surface area contributed by atoms with E-state index in [0.717, 1.165) is 14.5 Å². The Morgan fingerprint density at radius 3 is 2.55 bits per heavy atom. The first-order valence-electron chi connectivity index (χ1n) is 6.21. The maximum atomic E-state index is 14.0. The van der Waals surface area contributed by atoms with Gasteiger partial charge in [0.2, 0.25) is 0 Å². The molecule has 2 N–H and O–H groups in total. The molecule has 0 amide bonds. The molecule has 20 heavy (non-hydrogen) atoms. The van der Waals surface area contributed by atoms with Crippen LogP contribution in [0.15, 0.2) is 45.3 Å². The van der Waals surface area contributed by atoms with Gasteiger partial charge in [0.15, 0.2) is 0 Å². The van der Waals surface area contributed by atoms with E-state index in [2.05, 4.69) is 31.9 Å². The lowest BCUT2D eigenvalue weighted by atomic mass is 9.93. The van der Waals surface area contributed by atoms with E-state index in [1.165, 1.54) is 6.07 Å². The van der Waals surface area contributed by atoms with Crippen LogP contribution in [-0.2, 0) is 0 Å². The van der Waals surface area contributed by atoms with Crippen molar-refractivity contribution in [3.05, 3.63) is 62.3 Å². The van der Waals surface area contributed by atoms with Gasteiger partial charge in [0, 0.05) is 32.5 Å². The Labute approximate surface area is 133 Å². The van der Waals surface area contributed by atoms with Gasteiger partial charge in [-0.2, -0.15) is 0 Å². The number of benzene rings is 2. The van der Waals surface area contributed by atoms with Crippen LogP contribution < -0.4 is 10.5 Å². The summed E-state index contributed by atoms with van der Waals surface area (Å²) in [6.07, 6.45) is 0.187. The van der Waals surface area contributed by atoms with Gasteiger partial charge in [0.05, 0.1) is 0 Å². The van der Waals surface area contributed by atoms with Crippen LogP contribution in [-0.4, -0.2) is 0 Å². The van der Waals surface area contributed by atoms with Crippen molar-refractivity contribution >= 4 is 31.9 Å². The number of rotatable bonds is 1. The molecule has 104 valence electrons. The maximum Gasteiger partial charge on any atom is 0.130 e. The summed E-state index contributed by atoms with van der Waals surface area (Å²) in [6, 6.07) is 10.4. The average molecular weight is 401 g/mol. The van der Waals surface area contributed by atoms with Gasteiger partial charge in [-0.05, 0) is 30.3 Å². The molecule has 2 atom stereocenters. The molecule has 0 fully saturated rings. The molecule has 0 saturated heterocycles. The Morgan fingerprint density at radius 1 is 1.05 bits per heavy atom. The van der Waals surface area contributed by atoms with E-state index >= 15 is 0 Å². The molecule has 1 aliphatic heterocycles. The normalized spacial score (nSPS) is 21.2. The smallest absolute Gasteiger partial charge is 0.130 e. The van der Waals surface area contributed by atoms with Gasteiger partial charge in [0.1, 0.15) is 17.7 Å². The topological polar surface area (TPSA) is 35.2 Å². The quantitative estimate of drug-likeness (QED) is 0.740. The molecule has 5 heteroatoms. The fraction of sp³-hybridized carbons (Fsp3) is 0.200. The Hall–Kier alpha value is -0.910. The summed E-state index contributed by atoms with van der Waals surface area (Å²) >= 11 is 6.77. The van der Waals surface area contributed by atoms with Crippen molar-refractivity contribution in [3.63, 3.8) is 0 Å². The second kappa shape index (κ2) is 5.47. The Morgan fingerprint density at radius 2 is 1.75 bits per heavy atom. The number of ether oxygens (including phenoxy) is 1. The lowest BCUT2D eigenvalue weighted by Gasteiger charge is -2.31. The fourth-order valence-corrected chi connectivity index (χ4v) is 3.15. The predicted molar refractivity (Wildman–Crippen MR) is 83.2 cm³/mol. The highest BCUT2D eigenvalue weighted by Crippen LogP contribution is 2.41. The lowest BCUT2D eigenvalue weighted by Crippen LogP contribution is -2.24. The molecule has 0 radical (unpaired) electrons. The summed E-state index contributed by atoms with van der Waals surface area (Å²) in [5.41, 5.74) is 7.67. The molecule has 1 heterocycles. The molecule has 2 aromatic carbocycles. The number of halogens is 3. The van der Waals surface area contributed by atoms with Crippen molar-refractivity contribution in [1.82, 2.24) is 0 Å². The van der Waals surface area contributed by atoms with Gasteiger partial charge < -0.3 is 10.5 Å². The van der Waals surface area contributed by atoms with Gasteiger partial charge in [-0.1, -0.05) is 37.9 Å². The van der Waals surface area contributed by atoms with E-state index in [1.807, 2.05) is 18.2 Å². The molecule has 0 bridgehead atoms. The SMILES string of the molecule is N[C@H]1CC(c2cc(Br)ccc2F)Oc2cc(Br)ccc21. The third-order valence-corrected chi connectivity index (χ3v) is 4.40. The van der Waals surface area contributed by atoms with Crippen LogP contribution in [0.25, 0.3) is 0 Å². The zero-order chi connectivity index (χ0) is 14.3. The first-order chi connectivity index (χ1) is 9.54. The number of nitrogens with two attached hydrogens (primary N) is 1. The molecule has 0 saturated carbocycles. The van der Waals surface area contributed by atoms with E-state index in [9.17, 15) is 4.39 Å². The molecule has 1 unspecified atom stereocenters. The maximum absolute atomic E-state index is 14.0. The van der Waals surface area contributed by atoms with Crippen molar-refractivity contribution in [1.29, 1.82) is 0 Å². The highest BCUT2D eigenvalue weighted by atomic mass is 79.9. The average Bonchev–Trinajstić information content (AvgIpc) is 2.41. The van der Waals surface area contributed by atoms with Gasteiger partial charge in [0.25, 0.3) is 0 Å². The van der Waals surface area contributed by atoms with Crippen LogP contribution in [0, 0.1) is 5.82 Å². The van der Waals surface area contributed by atoms with E-state index in [-0.39, 0.29) is 18.0 Å². The number of hydrogen-bond donors (Lipinski definition) is 1. The van der Waals surface area contributed by atoms with Gasteiger partial charge >= 0.3 is 0 Å². The molecular formula is C15H12Br2FNO. The van der Waals surface area contributed by atoms with Crippen molar-refractivity contribution in [3.8, 4) is 5.75 Å². The van der Waals surface area contributed by atoms with E-state index < -0.39 is 0 Å². The lowest BCUT2D eigenvalue weighted by molar-refractivity contribution is 0.157. The zero-order valence-corrected chi connectivity index (χ0v) is 13.6. The Bertz CT molecular complexity index is 662. The van der Waals surface area contributed by atoms with Crippen LogP contribution in [0.3, 0.4) is 0 Å². The van der Waals surface area contributed by atoms with E-state index in [4.69, 9.17) is 10.5 Å². The predicted octanol–water partition coefficient (Wildman–Crippen LogP) is 4.87. The minimum Gasteiger partial charge on any atom is -0.485 e. The summed E-state index contributed by atoms with van der Waals surface area (Å²) in [6.45, 7) is 0. The molecular weight excluding hydrogens is 389 g/mol. The van der Waals surface area contributed by atoms with Gasteiger partial charge in [-0.15, -0.1) is 0 Å². The fourth-order valence-electron chi connectivity index (χ4n) is 2.43. The zero-order valence-electron chi connectivity index (χ0n) is 10.4. The van der Waals surface area contributed by atoms with Gasteiger partial charge in [-0.3, -0.25) is 0 Å². The van der Waals surface area contributed by atoms with Crippen LogP contribution >= 0.6 is 31.9 Å². The molecule has 2 aromatic rings. The van der Waals surface area contributed by atoms with Crippen LogP contribution in [0.1, 0.15) is 29.7 Å². The molecule has 0 aliphatic carbocycles. The Kier molecular flexibility index (Phi) is 3.84. The summed E-state index contributed by atoms with van der Waals surface area (Å²) in [5, 5.41) is 0. The molecule has 0 aromatic heterocycles. The van der Waals surface area contributed by atoms with Crippen LogP contribution in [0.2, 0.25) is 0 Å². The summed E-state index contributed by atoms with van der Waals surface area (Å²) < 4.78 is 21.7.